The van der Waals surface area contributed by atoms with Gasteiger partial charge in [-0.05, 0) is 49.9 Å². The van der Waals surface area contributed by atoms with Crippen LogP contribution in [0.4, 0.5) is 10.1 Å². The molecule has 0 spiro atoms. The van der Waals surface area contributed by atoms with Crippen LogP contribution in [-0.2, 0) is 24.0 Å². The topological polar surface area (TPSA) is 63.2 Å². The van der Waals surface area contributed by atoms with Crippen LogP contribution in [0, 0.1) is 5.92 Å². The van der Waals surface area contributed by atoms with Crippen LogP contribution in [0.5, 0.6) is 0 Å². The minimum Gasteiger partial charge on any atom is -0.465 e. The number of aryl methyl sites for hydroxylation is 2. The molecule has 1 aliphatic rings. The Labute approximate surface area is 160 Å². The summed E-state index contributed by atoms with van der Waals surface area (Å²) in [6.45, 7) is 4.33. The largest absolute Gasteiger partial charge is 0.465 e. The maximum atomic E-state index is 11.9. The number of rotatable bonds is 4. The Bertz CT molecular complexity index is 797. The molecule has 0 fully saturated rings. The molecule has 1 aliphatic carbocycles. The Morgan fingerprint density at radius 3 is 2.96 bits per heavy atom. The van der Waals surface area contributed by atoms with Crippen molar-refractivity contribution in [1.82, 2.24) is 4.98 Å². The van der Waals surface area contributed by atoms with Gasteiger partial charge in [0.05, 0.1) is 18.4 Å². The van der Waals surface area contributed by atoms with E-state index in [1.54, 1.807) is 11.3 Å². The average molecular weight is 396 g/mol. The van der Waals surface area contributed by atoms with Gasteiger partial charge in [-0.1, -0.05) is 13.8 Å². The average Bonchev–Trinajstić information content (AvgIpc) is 3.16. The summed E-state index contributed by atoms with van der Waals surface area (Å²) in [5, 5.41) is 8.23. The van der Waals surface area contributed by atoms with Crippen molar-refractivity contribution in [2.75, 3.05) is 17.7 Å². The SMILES string of the molecule is CCc1cc(C(=O)OC)c(NC(=S)Nc2nc3c(s2)CC(C)CC3)s1. The van der Waals surface area contributed by atoms with Crippen LogP contribution in [0.3, 0.4) is 0 Å². The molecule has 0 radical (unpaired) electrons. The first-order valence-electron chi connectivity index (χ1n) is 8.27. The number of hydrogen-bond acceptors (Lipinski definition) is 6. The third-order valence-electron chi connectivity index (χ3n) is 4.17. The zero-order valence-corrected chi connectivity index (χ0v) is 16.9. The predicted molar refractivity (Wildman–Crippen MR) is 108 cm³/mol. The van der Waals surface area contributed by atoms with Crippen LogP contribution < -0.4 is 10.6 Å². The van der Waals surface area contributed by atoms with E-state index in [1.165, 1.54) is 35.4 Å². The predicted octanol–water partition coefficient (Wildman–Crippen LogP) is 4.49. The van der Waals surface area contributed by atoms with Crippen molar-refractivity contribution in [3.05, 3.63) is 27.1 Å². The molecular formula is C17H21N3O2S3. The molecule has 0 amide bonds. The van der Waals surface area contributed by atoms with Gasteiger partial charge in [-0.2, -0.15) is 0 Å². The molecule has 2 aromatic rings. The number of thiocarbonyl (C=S) groups is 1. The molecule has 0 saturated heterocycles. The number of ether oxygens (including phenoxy) is 1. The van der Waals surface area contributed by atoms with Crippen LogP contribution in [-0.4, -0.2) is 23.2 Å². The fraction of sp³-hybridized carbons (Fsp3) is 0.471. The summed E-state index contributed by atoms with van der Waals surface area (Å²) in [4.78, 5) is 19.0. The molecule has 1 unspecified atom stereocenters. The van der Waals surface area contributed by atoms with Gasteiger partial charge in [-0.15, -0.1) is 22.7 Å². The van der Waals surface area contributed by atoms with Gasteiger partial charge in [0.25, 0.3) is 0 Å². The minimum atomic E-state index is -0.361. The number of methoxy groups -OCH3 is 1. The highest BCUT2D eigenvalue weighted by Gasteiger charge is 2.21. The van der Waals surface area contributed by atoms with E-state index >= 15 is 0 Å². The molecule has 25 heavy (non-hydrogen) atoms. The van der Waals surface area contributed by atoms with Crippen LogP contribution in [0.25, 0.3) is 0 Å². The number of carbonyl (C=O) groups excluding carboxylic acids is 1. The maximum Gasteiger partial charge on any atom is 0.340 e. The van der Waals surface area contributed by atoms with Gasteiger partial charge in [0.1, 0.15) is 5.00 Å². The van der Waals surface area contributed by atoms with Crippen LogP contribution in [0.15, 0.2) is 6.07 Å². The van der Waals surface area contributed by atoms with Crippen LogP contribution in [0.1, 0.15) is 46.1 Å². The van der Waals surface area contributed by atoms with E-state index in [-0.39, 0.29) is 5.97 Å². The summed E-state index contributed by atoms with van der Waals surface area (Å²) in [5.74, 6) is 0.354. The number of esters is 1. The summed E-state index contributed by atoms with van der Waals surface area (Å²) < 4.78 is 4.85. The Balaban J connectivity index is 1.71. The molecule has 8 heteroatoms. The first kappa shape index (κ1) is 18.3. The summed E-state index contributed by atoms with van der Waals surface area (Å²) >= 11 is 8.59. The van der Waals surface area contributed by atoms with E-state index in [1.807, 2.05) is 13.0 Å². The van der Waals surface area contributed by atoms with Crippen molar-refractivity contribution < 1.29 is 9.53 Å². The monoisotopic (exact) mass is 395 g/mol. The maximum absolute atomic E-state index is 11.9. The van der Waals surface area contributed by atoms with Crippen molar-refractivity contribution in [3.8, 4) is 0 Å². The van der Waals surface area contributed by atoms with Gasteiger partial charge in [0.15, 0.2) is 10.2 Å². The van der Waals surface area contributed by atoms with Crippen molar-refractivity contribution in [2.24, 2.45) is 5.92 Å². The molecule has 2 aromatic heterocycles. The Kier molecular flexibility index (Phi) is 5.71. The second-order valence-corrected chi connectivity index (χ2v) is 8.75. The highest BCUT2D eigenvalue weighted by atomic mass is 32.1. The first-order chi connectivity index (χ1) is 12.0. The number of thiazole rings is 1. The molecule has 134 valence electrons. The number of thiophene rings is 1. The zero-order valence-electron chi connectivity index (χ0n) is 14.5. The molecule has 0 saturated carbocycles. The second-order valence-electron chi connectivity index (χ2n) is 6.12. The van der Waals surface area contributed by atoms with Gasteiger partial charge in [0.2, 0.25) is 0 Å². The Morgan fingerprint density at radius 2 is 2.24 bits per heavy atom. The number of fused-ring (bicyclic) bond motifs is 1. The summed E-state index contributed by atoms with van der Waals surface area (Å²) in [6.07, 6.45) is 4.17. The normalized spacial score (nSPS) is 16.2. The molecule has 2 N–H and O–H groups in total. The second kappa shape index (κ2) is 7.80. The number of nitrogens with one attached hydrogen (secondary N) is 2. The highest BCUT2D eigenvalue weighted by molar-refractivity contribution is 7.80. The van der Waals surface area contributed by atoms with Crippen molar-refractivity contribution in [2.45, 2.75) is 39.5 Å². The molecular weight excluding hydrogens is 374 g/mol. The molecule has 3 rings (SSSR count). The lowest BCUT2D eigenvalue weighted by molar-refractivity contribution is 0.0602. The molecule has 0 bridgehead atoms. The number of hydrogen-bond donors (Lipinski definition) is 2. The van der Waals surface area contributed by atoms with E-state index in [9.17, 15) is 4.79 Å². The Morgan fingerprint density at radius 1 is 1.44 bits per heavy atom. The third-order valence-corrected chi connectivity index (χ3v) is 6.60. The van der Waals surface area contributed by atoms with Crippen molar-refractivity contribution in [1.29, 1.82) is 0 Å². The van der Waals surface area contributed by atoms with Crippen molar-refractivity contribution in [3.63, 3.8) is 0 Å². The van der Waals surface area contributed by atoms with E-state index in [4.69, 9.17) is 17.0 Å². The zero-order chi connectivity index (χ0) is 18.0. The van der Waals surface area contributed by atoms with Crippen molar-refractivity contribution >= 4 is 56.1 Å². The van der Waals surface area contributed by atoms with Gasteiger partial charge in [-0.25, -0.2) is 9.78 Å². The molecule has 1 atom stereocenters. The molecule has 5 nitrogen and oxygen atoms in total. The quantitative estimate of drug-likeness (QED) is 0.588. The summed E-state index contributed by atoms with van der Waals surface area (Å²) in [6, 6.07) is 1.85. The Hall–Kier alpha value is -1.51. The first-order valence-corrected chi connectivity index (χ1v) is 10.3. The lowest BCUT2D eigenvalue weighted by atomic mass is 9.93. The van der Waals surface area contributed by atoms with Crippen LogP contribution in [0.2, 0.25) is 0 Å². The summed E-state index contributed by atoms with van der Waals surface area (Å²) in [5.41, 5.74) is 1.70. The van der Waals surface area contributed by atoms with Gasteiger partial charge in [0, 0.05) is 9.75 Å². The molecule has 2 heterocycles. The fourth-order valence-electron chi connectivity index (χ4n) is 2.80. The van der Waals surface area contributed by atoms with Crippen LogP contribution >= 0.6 is 34.9 Å². The standard InChI is InChI=1S/C17H21N3O2S3/c1-4-10-8-11(15(21)22-3)14(24-10)19-16(23)20-17-18-12-6-5-9(2)7-13(12)25-17/h8-9H,4-7H2,1-3H3,(H2,18,19,20,23). The van der Waals surface area contributed by atoms with Gasteiger partial charge in [-0.3, -0.25) is 0 Å². The van der Waals surface area contributed by atoms with Gasteiger partial charge < -0.3 is 15.4 Å². The van der Waals surface area contributed by atoms with E-state index in [0.29, 0.717) is 21.6 Å². The number of anilines is 2. The molecule has 0 aliphatic heterocycles. The third kappa shape index (κ3) is 4.19. The van der Waals surface area contributed by atoms with E-state index in [2.05, 4.69) is 22.5 Å². The minimum absolute atomic E-state index is 0.361. The van der Waals surface area contributed by atoms with Gasteiger partial charge >= 0.3 is 5.97 Å². The number of nitrogens with zero attached hydrogens (tertiary/aromatic N) is 1. The smallest absolute Gasteiger partial charge is 0.340 e. The summed E-state index contributed by atoms with van der Waals surface area (Å²) in [7, 11) is 1.38. The lowest BCUT2D eigenvalue weighted by Crippen LogP contribution is -2.19. The van der Waals surface area contributed by atoms with E-state index in [0.717, 1.165) is 29.3 Å². The number of aromatic nitrogens is 1. The number of carbonyl (C=O) groups is 1. The molecule has 0 aromatic carbocycles. The fourth-order valence-corrected chi connectivity index (χ4v) is 5.29. The van der Waals surface area contributed by atoms with E-state index < -0.39 is 0 Å². The lowest BCUT2D eigenvalue weighted by Gasteiger charge is -2.15. The highest BCUT2D eigenvalue weighted by Crippen LogP contribution is 2.33.